The summed E-state index contributed by atoms with van der Waals surface area (Å²) in [6, 6.07) is 0. The minimum atomic E-state index is -0.968. The molecule has 4 atom stereocenters. The first-order valence-corrected chi connectivity index (χ1v) is 7.42. The lowest BCUT2D eigenvalue weighted by atomic mass is 9.97. The topological polar surface area (TPSA) is 99.1 Å². The second-order valence-corrected chi connectivity index (χ2v) is 6.04. The summed E-state index contributed by atoms with van der Waals surface area (Å²) >= 11 is 0. The number of carbonyl (C=O) groups is 3. The Kier molecular flexibility index (Phi) is 5.18. The van der Waals surface area contributed by atoms with Gasteiger partial charge < -0.3 is 19.3 Å². The number of ketones is 1. The fourth-order valence-electron chi connectivity index (χ4n) is 3.37. The normalized spacial score (nSPS) is 34.8. The van der Waals surface area contributed by atoms with Crippen LogP contribution in [0.3, 0.4) is 0 Å². The van der Waals surface area contributed by atoms with E-state index in [1.165, 1.54) is 14.2 Å². The predicted molar refractivity (Wildman–Crippen MR) is 73.9 cm³/mol. The highest BCUT2D eigenvalue weighted by Gasteiger charge is 2.46. The van der Waals surface area contributed by atoms with Gasteiger partial charge in [0.25, 0.3) is 0 Å². The van der Waals surface area contributed by atoms with Gasteiger partial charge in [0.1, 0.15) is 5.78 Å². The molecule has 2 fully saturated rings. The molecule has 0 aliphatic heterocycles. The second-order valence-electron chi connectivity index (χ2n) is 6.04. The van der Waals surface area contributed by atoms with E-state index in [1.54, 1.807) is 0 Å². The Bertz CT molecular complexity index is 461. The smallest absolute Gasteiger partial charge is 0.308 e. The Morgan fingerprint density at radius 3 is 2.64 bits per heavy atom. The maximum atomic E-state index is 11.6. The molecule has 0 aromatic heterocycles. The fourth-order valence-corrected chi connectivity index (χ4v) is 3.37. The van der Waals surface area contributed by atoms with Crippen molar-refractivity contribution in [3.8, 4) is 0 Å². The van der Waals surface area contributed by atoms with Crippen LogP contribution in [0.5, 0.6) is 0 Å². The third-order valence-corrected chi connectivity index (χ3v) is 4.72. The van der Waals surface area contributed by atoms with E-state index in [9.17, 15) is 14.4 Å². The molecule has 0 aromatic carbocycles. The standard InChI is InChI=1S/C15H22O7/c1-20-14(19)9-3-4-15(7-9,21-2)22-8-10-5-11(16)6-12(10)13(17)18/h9-10,12H,3-8H2,1-2H3,(H,17,18). The van der Waals surface area contributed by atoms with Crippen LogP contribution < -0.4 is 0 Å². The number of carboxylic acids is 1. The largest absolute Gasteiger partial charge is 0.481 e. The van der Waals surface area contributed by atoms with E-state index < -0.39 is 17.7 Å². The van der Waals surface area contributed by atoms with Gasteiger partial charge in [0, 0.05) is 38.7 Å². The quantitative estimate of drug-likeness (QED) is 0.576. The molecule has 7 heteroatoms. The number of rotatable bonds is 6. The first-order chi connectivity index (χ1) is 10.4. The van der Waals surface area contributed by atoms with Gasteiger partial charge in [0.15, 0.2) is 5.79 Å². The first kappa shape index (κ1) is 16.9. The number of methoxy groups -OCH3 is 2. The zero-order valence-corrected chi connectivity index (χ0v) is 12.9. The lowest BCUT2D eigenvalue weighted by Gasteiger charge is -2.30. The van der Waals surface area contributed by atoms with Crippen molar-refractivity contribution >= 4 is 17.7 Å². The van der Waals surface area contributed by atoms with Crippen LogP contribution in [0.1, 0.15) is 32.1 Å². The number of hydrogen-bond donors (Lipinski definition) is 1. The van der Waals surface area contributed by atoms with Crippen LogP contribution in [0.25, 0.3) is 0 Å². The second kappa shape index (κ2) is 6.75. The van der Waals surface area contributed by atoms with E-state index in [4.69, 9.17) is 19.3 Å². The summed E-state index contributed by atoms with van der Waals surface area (Å²) in [4.78, 5) is 34.3. The highest BCUT2D eigenvalue weighted by Crippen LogP contribution is 2.40. The third-order valence-electron chi connectivity index (χ3n) is 4.72. The van der Waals surface area contributed by atoms with Crippen LogP contribution in [-0.2, 0) is 28.6 Å². The summed E-state index contributed by atoms with van der Waals surface area (Å²) in [7, 11) is 2.85. The highest BCUT2D eigenvalue weighted by atomic mass is 16.7. The Balaban J connectivity index is 1.95. The van der Waals surface area contributed by atoms with E-state index in [0.717, 1.165) is 0 Å². The molecule has 0 heterocycles. The van der Waals surface area contributed by atoms with E-state index in [0.29, 0.717) is 19.3 Å². The van der Waals surface area contributed by atoms with Crippen molar-refractivity contribution < 1.29 is 33.7 Å². The van der Waals surface area contributed by atoms with Crippen molar-refractivity contribution in [1.29, 1.82) is 0 Å². The zero-order chi connectivity index (χ0) is 16.3. The van der Waals surface area contributed by atoms with E-state index in [2.05, 4.69) is 0 Å². The minimum absolute atomic E-state index is 0.0497. The number of Topliss-reactive ketones (excluding diaryl/α,β-unsaturated/α-hetero) is 1. The van der Waals surface area contributed by atoms with Crippen LogP contribution in [0.2, 0.25) is 0 Å². The summed E-state index contributed by atoms with van der Waals surface area (Å²) in [5.41, 5.74) is 0. The van der Waals surface area contributed by atoms with Crippen LogP contribution >= 0.6 is 0 Å². The molecule has 1 N–H and O–H groups in total. The molecule has 0 saturated heterocycles. The monoisotopic (exact) mass is 314 g/mol. The number of hydrogen-bond acceptors (Lipinski definition) is 6. The summed E-state index contributed by atoms with van der Waals surface area (Å²) in [5, 5.41) is 9.16. The molecule has 0 aromatic rings. The summed E-state index contributed by atoms with van der Waals surface area (Å²) in [5.74, 6) is -3.51. The molecule has 2 aliphatic carbocycles. The Labute approximate surface area is 128 Å². The molecule has 7 nitrogen and oxygen atoms in total. The van der Waals surface area contributed by atoms with Gasteiger partial charge in [-0.05, 0) is 6.42 Å². The lowest BCUT2D eigenvalue weighted by molar-refractivity contribution is -0.227. The molecule has 0 radical (unpaired) electrons. The number of carboxylic acid groups (broad SMARTS) is 1. The van der Waals surface area contributed by atoms with Gasteiger partial charge in [-0.2, -0.15) is 0 Å². The van der Waals surface area contributed by atoms with E-state index >= 15 is 0 Å². The van der Waals surface area contributed by atoms with Crippen molar-refractivity contribution in [2.24, 2.45) is 17.8 Å². The van der Waals surface area contributed by atoms with Crippen molar-refractivity contribution in [3.05, 3.63) is 0 Å². The van der Waals surface area contributed by atoms with Crippen LogP contribution in [0.15, 0.2) is 0 Å². The van der Waals surface area contributed by atoms with Crippen LogP contribution in [0, 0.1) is 17.8 Å². The molecule has 2 saturated carbocycles. The molecule has 0 bridgehead atoms. The summed E-state index contributed by atoms with van der Waals surface area (Å²) in [6.45, 7) is 0.143. The van der Waals surface area contributed by atoms with Gasteiger partial charge in [-0.3, -0.25) is 14.4 Å². The average Bonchev–Trinajstić information content (AvgIpc) is 3.09. The fraction of sp³-hybridized carbons (Fsp3) is 0.800. The molecule has 0 spiro atoms. The molecule has 2 rings (SSSR count). The molecule has 124 valence electrons. The number of ether oxygens (including phenoxy) is 3. The number of aliphatic carboxylic acids is 1. The van der Waals surface area contributed by atoms with Crippen molar-refractivity contribution in [3.63, 3.8) is 0 Å². The predicted octanol–water partition coefficient (Wildman–Crippen LogP) is 0.999. The Morgan fingerprint density at radius 2 is 2.05 bits per heavy atom. The van der Waals surface area contributed by atoms with Crippen molar-refractivity contribution in [2.75, 3.05) is 20.8 Å². The van der Waals surface area contributed by atoms with Gasteiger partial charge in [0.05, 0.1) is 25.6 Å². The van der Waals surface area contributed by atoms with E-state index in [1.807, 2.05) is 0 Å². The molecular weight excluding hydrogens is 292 g/mol. The highest BCUT2D eigenvalue weighted by molar-refractivity contribution is 5.87. The summed E-state index contributed by atoms with van der Waals surface area (Å²) in [6.07, 6.45) is 1.81. The first-order valence-electron chi connectivity index (χ1n) is 7.42. The summed E-state index contributed by atoms with van der Waals surface area (Å²) < 4.78 is 16.0. The maximum Gasteiger partial charge on any atom is 0.308 e. The van der Waals surface area contributed by atoms with Gasteiger partial charge in [-0.1, -0.05) is 0 Å². The lowest BCUT2D eigenvalue weighted by Crippen LogP contribution is -2.36. The number of esters is 1. The molecule has 22 heavy (non-hydrogen) atoms. The van der Waals surface area contributed by atoms with Gasteiger partial charge in [0.2, 0.25) is 0 Å². The molecule has 0 amide bonds. The molecule has 4 unspecified atom stereocenters. The third kappa shape index (κ3) is 3.47. The van der Waals surface area contributed by atoms with Gasteiger partial charge >= 0.3 is 11.9 Å². The zero-order valence-electron chi connectivity index (χ0n) is 12.9. The van der Waals surface area contributed by atoms with E-state index in [-0.39, 0.29) is 43.0 Å². The maximum absolute atomic E-state index is 11.6. The van der Waals surface area contributed by atoms with Gasteiger partial charge in [-0.25, -0.2) is 0 Å². The van der Waals surface area contributed by atoms with Gasteiger partial charge in [-0.15, -0.1) is 0 Å². The molecule has 2 aliphatic rings. The Morgan fingerprint density at radius 1 is 1.32 bits per heavy atom. The van der Waals surface area contributed by atoms with Crippen molar-refractivity contribution in [2.45, 2.75) is 37.9 Å². The SMILES string of the molecule is COC(=O)C1CCC(OC)(OCC2CC(=O)CC2C(=O)O)C1. The molecular formula is C15H22O7. The Hall–Kier alpha value is -1.47. The van der Waals surface area contributed by atoms with Crippen LogP contribution in [-0.4, -0.2) is 49.4 Å². The minimum Gasteiger partial charge on any atom is -0.481 e. The van der Waals surface area contributed by atoms with Crippen LogP contribution in [0.4, 0.5) is 0 Å². The van der Waals surface area contributed by atoms with Crippen molar-refractivity contribution in [1.82, 2.24) is 0 Å². The average molecular weight is 314 g/mol. The number of carbonyl (C=O) groups excluding carboxylic acids is 2.